The van der Waals surface area contributed by atoms with E-state index in [-0.39, 0.29) is 0 Å². The van der Waals surface area contributed by atoms with Gasteiger partial charge in [-0.2, -0.15) is 5.10 Å². The summed E-state index contributed by atoms with van der Waals surface area (Å²) < 4.78 is 2.03. The van der Waals surface area contributed by atoms with Crippen LogP contribution in [-0.2, 0) is 19.9 Å². The van der Waals surface area contributed by atoms with Crippen molar-refractivity contribution in [1.29, 1.82) is 0 Å². The Morgan fingerprint density at radius 3 is 2.76 bits per heavy atom. The third-order valence-electron chi connectivity index (χ3n) is 3.20. The van der Waals surface area contributed by atoms with Crippen molar-refractivity contribution in [3.05, 3.63) is 17.5 Å². The Morgan fingerprint density at radius 2 is 2.18 bits per heavy atom. The molecule has 1 unspecified atom stereocenters. The number of aromatic nitrogens is 2. The molecule has 0 spiro atoms. The molecule has 17 heavy (non-hydrogen) atoms. The predicted octanol–water partition coefficient (Wildman–Crippen LogP) is 2.69. The summed E-state index contributed by atoms with van der Waals surface area (Å²) in [6.45, 7) is 7.77. The van der Waals surface area contributed by atoms with Gasteiger partial charge in [-0.25, -0.2) is 0 Å². The van der Waals surface area contributed by atoms with Crippen molar-refractivity contribution >= 4 is 0 Å². The van der Waals surface area contributed by atoms with Crippen LogP contribution in [0, 0.1) is 0 Å². The number of aryl methyl sites for hydroxylation is 3. The van der Waals surface area contributed by atoms with E-state index in [1.54, 1.807) is 0 Å². The van der Waals surface area contributed by atoms with E-state index in [2.05, 4.69) is 37.3 Å². The molecule has 0 saturated carbocycles. The van der Waals surface area contributed by atoms with Crippen molar-refractivity contribution in [3.63, 3.8) is 0 Å². The van der Waals surface area contributed by atoms with Crippen LogP contribution in [0.5, 0.6) is 0 Å². The Hall–Kier alpha value is -0.830. The fourth-order valence-electron chi connectivity index (χ4n) is 2.06. The Labute approximate surface area is 106 Å². The van der Waals surface area contributed by atoms with Crippen molar-refractivity contribution in [1.82, 2.24) is 15.1 Å². The largest absolute Gasteiger partial charge is 0.314 e. The zero-order valence-corrected chi connectivity index (χ0v) is 11.8. The van der Waals surface area contributed by atoms with E-state index in [4.69, 9.17) is 0 Å². The van der Waals surface area contributed by atoms with Gasteiger partial charge in [-0.05, 0) is 51.6 Å². The molecule has 0 radical (unpaired) electrons. The highest BCUT2D eigenvalue weighted by atomic mass is 15.3. The summed E-state index contributed by atoms with van der Waals surface area (Å²) in [5.41, 5.74) is 2.57. The molecule has 0 bridgehead atoms. The lowest BCUT2D eigenvalue weighted by molar-refractivity contribution is 0.494. The minimum atomic E-state index is 0.633. The maximum atomic E-state index is 4.48. The van der Waals surface area contributed by atoms with Gasteiger partial charge >= 0.3 is 0 Å². The van der Waals surface area contributed by atoms with Crippen LogP contribution in [0.3, 0.4) is 0 Å². The van der Waals surface area contributed by atoms with Crippen LogP contribution in [0.4, 0.5) is 0 Å². The van der Waals surface area contributed by atoms with Crippen LogP contribution in [0.25, 0.3) is 0 Å². The second-order valence-corrected chi connectivity index (χ2v) is 4.85. The molecule has 0 fully saturated rings. The van der Waals surface area contributed by atoms with Crippen LogP contribution in [0.2, 0.25) is 0 Å². The van der Waals surface area contributed by atoms with Crippen LogP contribution in [0.1, 0.15) is 51.4 Å². The summed E-state index contributed by atoms with van der Waals surface area (Å²) in [5, 5.41) is 8.00. The SMILES string of the molecule is CCCNC(C)CCCc1cc(CC)nn1C. The highest BCUT2D eigenvalue weighted by Gasteiger charge is 2.05. The molecule has 1 heterocycles. The number of nitrogens with one attached hydrogen (secondary N) is 1. The average molecular weight is 237 g/mol. The predicted molar refractivity (Wildman–Crippen MR) is 73.3 cm³/mol. The van der Waals surface area contributed by atoms with Crippen molar-refractivity contribution in [3.8, 4) is 0 Å². The van der Waals surface area contributed by atoms with Crippen LogP contribution < -0.4 is 5.32 Å². The molecule has 0 amide bonds. The lowest BCUT2D eigenvalue weighted by atomic mass is 10.1. The lowest BCUT2D eigenvalue weighted by Crippen LogP contribution is -2.26. The first-order valence-corrected chi connectivity index (χ1v) is 6.92. The number of nitrogens with zero attached hydrogens (tertiary/aromatic N) is 2. The molecule has 1 atom stereocenters. The van der Waals surface area contributed by atoms with Gasteiger partial charge in [0.2, 0.25) is 0 Å². The fraction of sp³-hybridized carbons (Fsp3) is 0.786. The maximum Gasteiger partial charge on any atom is 0.0624 e. The lowest BCUT2D eigenvalue weighted by Gasteiger charge is -2.12. The van der Waals surface area contributed by atoms with Gasteiger partial charge in [-0.1, -0.05) is 13.8 Å². The third-order valence-corrected chi connectivity index (χ3v) is 3.20. The van der Waals surface area contributed by atoms with Crippen molar-refractivity contribution in [2.75, 3.05) is 6.54 Å². The van der Waals surface area contributed by atoms with Gasteiger partial charge in [0.25, 0.3) is 0 Å². The van der Waals surface area contributed by atoms with E-state index >= 15 is 0 Å². The van der Waals surface area contributed by atoms with Crippen LogP contribution in [-0.4, -0.2) is 22.4 Å². The van der Waals surface area contributed by atoms with Gasteiger partial charge in [0, 0.05) is 18.8 Å². The summed E-state index contributed by atoms with van der Waals surface area (Å²) in [6, 6.07) is 2.87. The maximum absolute atomic E-state index is 4.48. The second-order valence-electron chi connectivity index (χ2n) is 4.85. The molecule has 1 rings (SSSR count). The Morgan fingerprint density at radius 1 is 1.41 bits per heavy atom. The Bertz CT molecular complexity index is 317. The third kappa shape index (κ3) is 4.90. The zero-order valence-electron chi connectivity index (χ0n) is 11.8. The van der Waals surface area contributed by atoms with Crippen molar-refractivity contribution in [2.24, 2.45) is 7.05 Å². The molecule has 1 aromatic heterocycles. The standard InChI is InChI=1S/C14H27N3/c1-5-10-15-12(3)8-7-9-14-11-13(6-2)16-17(14)4/h11-12,15H,5-10H2,1-4H3. The summed E-state index contributed by atoms with van der Waals surface area (Å²) >= 11 is 0. The minimum Gasteiger partial charge on any atom is -0.314 e. The Balaban J connectivity index is 2.27. The van der Waals surface area contributed by atoms with Crippen molar-refractivity contribution < 1.29 is 0 Å². The molecule has 0 saturated heterocycles. The molecule has 98 valence electrons. The molecule has 0 aliphatic heterocycles. The van der Waals surface area contributed by atoms with Crippen molar-refractivity contribution in [2.45, 2.75) is 58.9 Å². The van der Waals surface area contributed by atoms with E-state index in [0.717, 1.165) is 19.4 Å². The van der Waals surface area contributed by atoms with E-state index in [1.165, 1.54) is 30.7 Å². The molecular weight excluding hydrogens is 210 g/mol. The monoisotopic (exact) mass is 237 g/mol. The average Bonchev–Trinajstić information content (AvgIpc) is 2.68. The fourth-order valence-corrected chi connectivity index (χ4v) is 2.06. The van der Waals surface area contributed by atoms with E-state index < -0.39 is 0 Å². The molecule has 0 aromatic carbocycles. The van der Waals surface area contributed by atoms with E-state index in [9.17, 15) is 0 Å². The molecule has 3 heteroatoms. The van der Waals surface area contributed by atoms with Crippen LogP contribution >= 0.6 is 0 Å². The second kappa shape index (κ2) is 7.49. The number of rotatable bonds is 8. The molecule has 0 aliphatic carbocycles. The molecule has 3 nitrogen and oxygen atoms in total. The zero-order chi connectivity index (χ0) is 12.7. The van der Waals surface area contributed by atoms with Gasteiger partial charge in [-0.3, -0.25) is 4.68 Å². The van der Waals surface area contributed by atoms with E-state index in [0.29, 0.717) is 6.04 Å². The summed E-state index contributed by atoms with van der Waals surface area (Å²) in [7, 11) is 2.05. The Kier molecular flexibility index (Phi) is 6.27. The quantitative estimate of drug-likeness (QED) is 0.753. The van der Waals surface area contributed by atoms with Gasteiger partial charge < -0.3 is 5.32 Å². The van der Waals surface area contributed by atoms with Gasteiger partial charge in [0.15, 0.2) is 0 Å². The van der Waals surface area contributed by atoms with Gasteiger partial charge in [0.05, 0.1) is 5.69 Å². The van der Waals surface area contributed by atoms with Crippen LogP contribution in [0.15, 0.2) is 6.07 Å². The highest BCUT2D eigenvalue weighted by molar-refractivity contribution is 5.10. The van der Waals surface area contributed by atoms with E-state index in [1.807, 2.05) is 11.7 Å². The molecule has 0 aliphatic rings. The number of hydrogen-bond acceptors (Lipinski definition) is 2. The molecule has 1 aromatic rings. The first-order valence-electron chi connectivity index (χ1n) is 6.92. The first-order chi connectivity index (χ1) is 8.17. The highest BCUT2D eigenvalue weighted by Crippen LogP contribution is 2.09. The summed E-state index contributed by atoms with van der Waals surface area (Å²) in [4.78, 5) is 0. The topological polar surface area (TPSA) is 29.9 Å². The van der Waals surface area contributed by atoms with Gasteiger partial charge in [0.1, 0.15) is 0 Å². The molecule has 1 N–H and O–H groups in total. The minimum absolute atomic E-state index is 0.633. The smallest absolute Gasteiger partial charge is 0.0624 e. The van der Waals surface area contributed by atoms with Gasteiger partial charge in [-0.15, -0.1) is 0 Å². The number of hydrogen-bond donors (Lipinski definition) is 1. The molecular formula is C14H27N3. The summed E-state index contributed by atoms with van der Waals surface area (Å²) in [6.07, 6.45) is 5.86. The first kappa shape index (κ1) is 14.2. The normalized spacial score (nSPS) is 12.9. The summed E-state index contributed by atoms with van der Waals surface area (Å²) in [5.74, 6) is 0.